The van der Waals surface area contributed by atoms with Crippen LogP contribution in [0.3, 0.4) is 0 Å². The molecule has 0 aromatic heterocycles. The number of carboxylic acids is 1. The second-order valence-corrected chi connectivity index (χ2v) is 6.82. The van der Waals surface area contributed by atoms with Crippen molar-refractivity contribution < 1.29 is 9.90 Å². The highest BCUT2D eigenvalue weighted by Gasteiger charge is 2.20. The fourth-order valence-electron chi connectivity index (χ4n) is 1.94. The number of thioether (sulfide) groups is 1. The minimum absolute atomic E-state index is 0.450. The quantitative estimate of drug-likeness (QED) is 0.770. The SMILES string of the molecule is Cc1cc(Cl)ccc1C[C@@H](Sc1ccc(Cl)cc1)C(=O)O. The van der Waals surface area contributed by atoms with Crippen LogP contribution in [0.25, 0.3) is 0 Å². The monoisotopic (exact) mass is 340 g/mol. The lowest BCUT2D eigenvalue weighted by atomic mass is 10.0. The number of halogens is 2. The Morgan fingerprint density at radius 2 is 1.76 bits per heavy atom. The normalized spacial score (nSPS) is 12.1. The summed E-state index contributed by atoms with van der Waals surface area (Å²) < 4.78 is 0. The van der Waals surface area contributed by atoms with Crippen molar-refractivity contribution in [3.05, 3.63) is 63.6 Å². The van der Waals surface area contributed by atoms with Crippen molar-refractivity contribution in [2.45, 2.75) is 23.5 Å². The van der Waals surface area contributed by atoms with Crippen molar-refractivity contribution >= 4 is 40.9 Å². The first-order valence-corrected chi connectivity index (χ1v) is 7.99. The van der Waals surface area contributed by atoms with Gasteiger partial charge in [0.1, 0.15) is 5.25 Å². The largest absolute Gasteiger partial charge is 0.480 e. The highest BCUT2D eigenvalue weighted by molar-refractivity contribution is 8.00. The van der Waals surface area contributed by atoms with Gasteiger partial charge in [-0.1, -0.05) is 29.3 Å². The van der Waals surface area contributed by atoms with Crippen molar-refractivity contribution in [1.82, 2.24) is 0 Å². The van der Waals surface area contributed by atoms with E-state index in [-0.39, 0.29) is 0 Å². The molecule has 21 heavy (non-hydrogen) atoms. The van der Waals surface area contributed by atoms with Crippen LogP contribution in [0.2, 0.25) is 10.0 Å². The van der Waals surface area contributed by atoms with Crippen LogP contribution in [0.15, 0.2) is 47.4 Å². The molecule has 0 unspecified atom stereocenters. The van der Waals surface area contributed by atoms with Crippen molar-refractivity contribution in [3.63, 3.8) is 0 Å². The first kappa shape index (κ1) is 16.2. The smallest absolute Gasteiger partial charge is 0.317 e. The molecule has 2 aromatic carbocycles. The number of rotatable bonds is 5. The molecule has 5 heteroatoms. The summed E-state index contributed by atoms with van der Waals surface area (Å²) in [4.78, 5) is 12.4. The lowest BCUT2D eigenvalue weighted by Gasteiger charge is -2.14. The van der Waals surface area contributed by atoms with Crippen LogP contribution < -0.4 is 0 Å². The minimum Gasteiger partial charge on any atom is -0.480 e. The molecule has 0 spiro atoms. The molecule has 0 aliphatic heterocycles. The third-order valence-corrected chi connectivity index (χ3v) is 4.76. The van der Waals surface area contributed by atoms with Crippen LogP contribution in [0.5, 0.6) is 0 Å². The van der Waals surface area contributed by atoms with E-state index in [1.165, 1.54) is 11.8 Å². The predicted molar refractivity (Wildman–Crippen MR) is 88.6 cm³/mol. The van der Waals surface area contributed by atoms with Gasteiger partial charge in [0.2, 0.25) is 0 Å². The van der Waals surface area contributed by atoms with Crippen molar-refractivity contribution in [2.75, 3.05) is 0 Å². The molecule has 0 aliphatic rings. The maximum atomic E-state index is 11.5. The van der Waals surface area contributed by atoms with E-state index in [0.717, 1.165) is 16.0 Å². The predicted octanol–water partition coefficient (Wildman–Crippen LogP) is 5.09. The van der Waals surface area contributed by atoms with Crippen LogP contribution in [-0.4, -0.2) is 16.3 Å². The van der Waals surface area contributed by atoms with Crippen LogP contribution in [-0.2, 0) is 11.2 Å². The Morgan fingerprint density at radius 1 is 1.14 bits per heavy atom. The first-order chi connectivity index (χ1) is 9.95. The summed E-state index contributed by atoms with van der Waals surface area (Å²) in [6.07, 6.45) is 0.450. The molecule has 0 saturated carbocycles. The molecule has 2 rings (SSSR count). The van der Waals surface area contributed by atoms with Gasteiger partial charge < -0.3 is 5.11 Å². The van der Waals surface area contributed by atoms with Gasteiger partial charge in [0.05, 0.1) is 0 Å². The molecule has 0 radical (unpaired) electrons. The Bertz CT molecular complexity index is 641. The topological polar surface area (TPSA) is 37.3 Å². The summed E-state index contributed by atoms with van der Waals surface area (Å²) in [6, 6.07) is 12.7. The van der Waals surface area contributed by atoms with Crippen LogP contribution in [0, 0.1) is 6.92 Å². The van der Waals surface area contributed by atoms with Crippen molar-refractivity contribution in [2.24, 2.45) is 0 Å². The Morgan fingerprint density at radius 3 is 2.33 bits per heavy atom. The van der Waals surface area contributed by atoms with Gasteiger partial charge in [-0.2, -0.15) is 0 Å². The van der Waals surface area contributed by atoms with E-state index in [9.17, 15) is 9.90 Å². The molecule has 110 valence electrons. The summed E-state index contributed by atoms with van der Waals surface area (Å²) >= 11 is 13.1. The lowest BCUT2D eigenvalue weighted by molar-refractivity contribution is -0.136. The third-order valence-electron chi connectivity index (χ3n) is 3.08. The van der Waals surface area contributed by atoms with E-state index in [2.05, 4.69) is 0 Å². The van der Waals surface area contributed by atoms with Gasteiger partial charge in [-0.3, -0.25) is 4.79 Å². The van der Waals surface area contributed by atoms with E-state index in [1.807, 2.05) is 31.2 Å². The molecule has 0 saturated heterocycles. The Balaban J connectivity index is 2.15. The number of benzene rings is 2. The van der Waals surface area contributed by atoms with E-state index in [4.69, 9.17) is 23.2 Å². The van der Waals surface area contributed by atoms with Gasteiger partial charge in [-0.05, 0) is 60.9 Å². The molecule has 2 nitrogen and oxygen atoms in total. The highest BCUT2D eigenvalue weighted by atomic mass is 35.5. The molecular formula is C16H14Cl2O2S. The second-order valence-electron chi connectivity index (χ2n) is 4.67. The molecule has 2 aromatic rings. The van der Waals surface area contributed by atoms with Gasteiger partial charge in [-0.25, -0.2) is 0 Å². The van der Waals surface area contributed by atoms with Gasteiger partial charge in [0.25, 0.3) is 0 Å². The first-order valence-electron chi connectivity index (χ1n) is 6.36. The zero-order chi connectivity index (χ0) is 15.4. The maximum Gasteiger partial charge on any atom is 0.317 e. The molecule has 0 amide bonds. The maximum absolute atomic E-state index is 11.5. The summed E-state index contributed by atoms with van der Waals surface area (Å²) in [5, 5.41) is 10.2. The molecule has 1 N–H and O–H groups in total. The summed E-state index contributed by atoms with van der Waals surface area (Å²) in [5.41, 5.74) is 2.00. The lowest BCUT2D eigenvalue weighted by Crippen LogP contribution is -2.19. The molecule has 0 heterocycles. The van der Waals surface area contributed by atoms with E-state index in [1.54, 1.807) is 18.2 Å². The number of aryl methyl sites for hydroxylation is 1. The molecule has 0 bridgehead atoms. The average Bonchev–Trinajstić information content (AvgIpc) is 2.43. The third kappa shape index (κ3) is 4.67. The second kappa shape index (κ2) is 7.21. The number of hydrogen-bond donors (Lipinski definition) is 1. The zero-order valence-electron chi connectivity index (χ0n) is 11.3. The van der Waals surface area contributed by atoms with Crippen LogP contribution in [0.1, 0.15) is 11.1 Å². The van der Waals surface area contributed by atoms with Gasteiger partial charge >= 0.3 is 5.97 Å². The zero-order valence-corrected chi connectivity index (χ0v) is 13.7. The fraction of sp³-hybridized carbons (Fsp3) is 0.188. The van der Waals surface area contributed by atoms with Crippen LogP contribution >= 0.6 is 35.0 Å². The number of carbonyl (C=O) groups is 1. The van der Waals surface area contributed by atoms with Gasteiger partial charge in [0.15, 0.2) is 0 Å². The Kier molecular flexibility index (Phi) is 5.57. The van der Waals surface area contributed by atoms with Crippen LogP contribution in [0.4, 0.5) is 0 Å². The standard InChI is InChI=1S/C16H14Cl2O2S/c1-10-8-13(18)3-2-11(10)9-15(16(19)20)21-14-6-4-12(17)5-7-14/h2-8,15H,9H2,1H3,(H,19,20)/t15-/m1/s1. The molecular weight excluding hydrogens is 327 g/mol. The average molecular weight is 341 g/mol. The highest BCUT2D eigenvalue weighted by Crippen LogP contribution is 2.28. The summed E-state index contributed by atoms with van der Waals surface area (Å²) in [7, 11) is 0. The molecule has 0 fully saturated rings. The summed E-state index contributed by atoms with van der Waals surface area (Å²) in [6.45, 7) is 1.94. The van der Waals surface area contributed by atoms with E-state index in [0.29, 0.717) is 16.5 Å². The summed E-state index contributed by atoms with van der Waals surface area (Å²) in [5.74, 6) is -0.829. The van der Waals surface area contributed by atoms with Gasteiger partial charge in [-0.15, -0.1) is 11.8 Å². The van der Waals surface area contributed by atoms with Crippen molar-refractivity contribution in [3.8, 4) is 0 Å². The number of aliphatic carboxylic acids is 1. The number of hydrogen-bond acceptors (Lipinski definition) is 2. The van der Waals surface area contributed by atoms with Crippen molar-refractivity contribution in [1.29, 1.82) is 0 Å². The van der Waals surface area contributed by atoms with Gasteiger partial charge in [0, 0.05) is 14.9 Å². The Labute approximate surface area is 138 Å². The Hall–Kier alpha value is -1.16. The minimum atomic E-state index is -0.829. The molecule has 1 atom stereocenters. The fourth-order valence-corrected chi connectivity index (χ4v) is 3.28. The van der Waals surface area contributed by atoms with E-state index < -0.39 is 11.2 Å². The van der Waals surface area contributed by atoms with E-state index >= 15 is 0 Å². The number of carboxylic acid groups (broad SMARTS) is 1. The molecule has 0 aliphatic carbocycles.